The zero-order valence-electron chi connectivity index (χ0n) is 14.3. The van der Waals surface area contributed by atoms with Gasteiger partial charge in [0.1, 0.15) is 23.0 Å². The molecule has 0 aliphatic carbocycles. The number of rotatable bonds is 2. The van der Waals surface area contributed by atoms with Gasteiger partial charge in [0.05, 0.1) is 11.1 Å². The number of carbonyl (C=O) groups excluding carboxylic acids is 1. The van der Waals surface area contributed by atoms with E-state index in [4.69, 9.17) is 21.7 Å². The molecule has 2 heterocycles. The number of hydrogen-bond acceptors (Lipinski definition) is 6. The first-order valence-electron chi connectivity index (χ1n) is 8.46. The normalized spacial score (nSPS) is 15.1. The minimum atomic E-state index is -1.27. The van der Waals surface area contributed by atoms with Crippen LogP contribution in [0, 0.1) is 0 Å². The Hall–Kier alpha value is -3.58. The van der Waals surface area contributed by atoms with E-state index < -0.39 is 11.6 Å². The summed E-state index contributed by atoms with van der Waals surface area (Å²) in [6.07, 6.45) is 0. The topological polar surface area (TPSA) is 88.0 Å². The van der Waals surface area contributed by atoms with Gasteiger partial charge >= 0.3 is 5.97 Å². The van der Waals surface area contributed by atoms with Crippen molar-refractivity contribution in [3.63, 3.8) is 0 Å². The summed E-state index contributed by atoms with van der Waals surface area (Å²) in [6, 6.07) is 14.5. The number of carbonyl (C=O) groups is 1. The van der Waals surface area contributed by atoms with E-state index >= 15 is 0 Å². The summed E-state index contributed by atoms with van der Waals surface area (Å²) >= 11 is 4.88. The summed E-state index contributed by atoms with van der Waals surface area (Å²) in [5.41, 5.74) is 3.03. The van der Waals surface area contributed by atoms with E-state index in [9.17, 15) is 15.0 Å². The maximum Gasteiger partial charge on any atom is 0.340 e. The van der Waals surface area contributed by atoms with Gasteiger partial charge in [-0.25, -0.2) is 4.79 Å². The van der Waals surface area contributed by atoms with Crippen molar-refractivity contribution in [1.82, 2.24) is 0 Å². The lowest BCUT2D eigenvalue weighted by molar-refractivity contribution is 0.0224. The van der Waals surface area contributed by atoms with Gasteiger partial charge in [-0.05, 0) is 42.5 Å². The lowest BCUT2D eigenvalue weighted by Crippen LogP contribution is -2.33. The molecule has 0 saturated carbocycles. The van der Waals surface area contributed by atoms with Gasteiger partial charge in [0.15, 0.2) is 5.60 Å². The second-order valence-corrected chi connectivity index (χ2v) is 6.79. The molecule has 138 valence electrons. The summed E-state index contributed by atoms with van der Waals surface area (Å²) in [6.45, 7) is 0. The van der Waals surface area contributed by atoms with Crippen LogP contribution >= 0.6 is 12.2 Å². The first-order valence-corrected chi connectivity index (χ1v) is 8.93. The average molecular weight is 391 g/mol. The van der Waals surface area contributed by atoms with E-state index in [1.54, 1.807) is 24.3 Å². The molecule has 3 aromatic carbocycles. The summed E-state index contributed by atoms with van der Waals surface area (Å²) < 4.78 is 11.9. The third-order valence-electron chi connectivity index (χ3n) is 5.00. The van der Waals surface area contributed by atoms with Gasteiger partial charge in [-0.1, -0.05) is 12.2 Å². The Morgan fingerprint density at radius 1 is 0.893 bits per heavy atom. The largest absolute Gasteiger partial charge is 0.508 e. The fourth-order valence-electron chi connectivity index (χ4n) is 3.86. The molecule has 7 heteroatoms. The predicted octanol–water partition coefficient (Wildman–Crippen LogP) is 4.03. The van der Waals surface area contributed by atoms with Crippen LogP contribution in [0.25, 0.3) is 0 Å². The molecular weight excluding hydrogens is 378 g/mol. The van der Waals surface area contributed by atoms with Crippen molar-refractivity contribution in [3.8, 4) is 23.0 Å². The molecule has 2 aliphatic rings. The Labute approximate surface area is 165 Å². The Morgan fingerprint density at radius 3 is 2.14 bits per heavy atom. The number of nitrogens with one attached hydrogen (secondary N) is 1. The highest BCUT2D eigenvalue weighted by Gasteiger charge is 2.53. The van der Waals surface area contributed by atoms with Crippen LogP contribution in [-0.4, -0.2) is 21.7 Å². The number of ether oxygens (including phenoxy) is 2. The quantitative estimate of drug-likeness (QED) is 0.449. The molecular formula is C21H13NO5S. The first kappa shape index (κ1) is 16.6. The van der Waals surface area contributed by atoms with Gasteiger partial charge in [-0.2, -0.15) is 0 Å². The molecule has 0 unspecified atom stereocenters. The Kier molecular flexibility index (Phi) is 3.38. The molecule has 0 aromatic heterocycles. The van der Waals surface area contributed by atoms with Crippen molar-refractivity contribution in [3.05, 3.63) is 76.9 Å². The fourth-order valence-corrected chi connectivity index (χ4v) is 3.99. The van der Waals surface area contributed by atoms with Crippen LogP contribution in [0.3, 0.4) is 0 Å². The molecule has 5 rings (SSSR count). The van der Waals surface area contributed by atoms with E-state index in [-0.39, 0.29) is 11.5 Å². The highest BCUT2D eigenvalue weighted by molar-refractivity contribution is 7.79. The summed E-state index contributed by atoms with van der Waals surface area (Å²) in [7, 11) is 0. The van der Waals surface area contributed by atoms with Crippen LogP contribution in [0.2, 0.25) is 0 Å². The van der Waals surface area contributed by atoms with Gasteiger partial charge < -0.3 is 25.0 Å². The first-order chi connectivity index (χ1) is 13.5. The molecule has 0 atom stereocenters. The van der Waals surface area contributed by atoms with Crippen LogP contribution in [0.15, 0.2) is 54.6 Å². The van der Waals surface area contributed by atoms with E-state index in [0.29, 0.717) is 39.4 Å². The third-order valence-corrected chi connectivity index (χ3v) is 5.12. The number of benzene rings is 3. The molecule has 0 saturated heterocycles. The lowest BCUT2D eigenvalue weighted by Gasteiger charge is -2.36. The predicted molar refractivity (Wildman–Crippen MR) is 105 cm³/mol. The second kappa shape index (κ2) is 5.71. The lowest BCUT2D eigenvalue weighted by atomic mass is 9.77. The molecule has 0 amide bonds. The highest BCUT2D eigenvalue weighted by Crippen LogP contribution is 2.57. The number of thiocarbonyl (C=S) groups is 1. The van der Waals surface area contributed by atoms with Gasteiger partial charge in [0.25, 0.3) is 0 Å². The number of hydrogen-bond donors (Lipinski definition) is 3. The van der Waals surface area contributed by atoms with Crippen LogP contribution in [0.1, 0.15) is 27.0 Å². The van der Waals surface area contributed by atoms with Crippen molar-refractivity contribution in [1.29, 1.82) is 0 Å². The number of aromatic hydroxyl groups is 2. The summed E-state index contributed by atoms with van der Waals surface area (Å²) in [5.74, 6) is 0.235. The van der Waals surface area contributed by atoms with Crippen LogP contribution < -0.4 is 10.1 Å². The zero-order chi connectivity index (χ0) is 19.5. The van der Waals surface area contributed by atoms with Crippen LogP contribution in [0.4, 0.5) is 5.69 Å². The second-order valence-electron chi connectivity index (χ2n) is 6.56. The van der Waals surface area contributed by atoms with E-state index in [2.05, 4.69) is 5.32 Å². The smallest absolute Gasteiger partial charge is 0.340 e. The van der Waals surface area contributed by atoms with Crippen molar-refractivity contribution >= 4 is 29.4 Å². The summed E-state index contributed by atoms with van der Waals surface area (Å²) in [5, 5.41) is 22.8. The Balaban J connectivity index is 1.87. The third kappa shape index (κ3) is 2.13. The number of anilines is 1. The maximum atomic E-state index is 12.8. The molecule has 0 bridgehead atoms. The van der Waals surface area contributed by atoms with Crippen molar-refractivity contribution in [2.24, 2.45) is 0 Å². The minimum absolute atomic E-state index is 0.0122. The number of phenols is 2. The molecule has 2 aliphatic heterocycles. The number of fused-ring (bicyclic) bond motifs is 6. The molecule has 0 fully saturated rings. The van der Waals surface area contributed by atoms with Gasteiger partial charge in [-0.15, -0.1) is 0 Å². The fraction of sp³-hybridized carbons (Fsp3) is 0.0476. The molecule has 3 N–H and O–H groups in total. The monoisotopic (exact) mass is 391 g/mol. The maximum absolute atomic E-state index is 12.8. The van der Waals surface area contributed by atoms with Gasteiger partial charge in [0, 0.05) is 34.5 Å². The Bertz CT molecular complexity index is 1120. The number of phenolic OH excluding ortho intramolecular Hbond substituents is 2. The van der Waals surface area contributed by atoms with E-state index in [1.807, 2.05) is 6.07 Å². The average Bonchev–Trinajstić information content (AvgIpc) is 2.94. The van der Waals surface area contributed by atoms with Crippen molar-refractivity contribution in [2.75, 3.05) is 5.32 Å². The highest BCUT2D eigenvalue weighted by atomic mass is 32.1. The zero-order valence-corrected chi connectivity index (χ0v) is 15.1. The standard InChI is InChI=1S/C21H13NO5S/c23-12-2-5-15-18(8-12)26-19-9-13(24)3-6-16(19)21(15)17-7-11(22-10-28)1-4-14(17)20(25)27-21/h1-10,23-24H,(H,22,28). The number of esters is 1. The van der Waals surface area contributed by atoms with Crippen LogP contribution in [0.5, 0.6) is 23.0 Å². The Morgan fingerprint density at radius 2 is 1.54 bits per heavy atom. The van der Waals surface area contributed by atoms with Crippen LogP contribution in [-0.2, 0) is 10.3 Å². The summed E-state index contributed by atoms with van der Waals surface area (Å²) in [4.78, 5) is 12.8. The molecule has 3 aromatic rings. The SMILES string of the molecule is O=C1OC2(c3ccc(O)cc3Oc3cc(O)ccc32)c2cc(NC=S)ccc21. The molecule has 28 heavy (non-hydrogen) atoms. The minimum Gasteiger partial charge on any atom is -0.508 e. The van der Waals surface area contributed by atoms with E-state index in [1.165, 1.54) is 29.8 Å². The molecule has 0 radical (unpaired) electrons. The molecule has 1 spiro atoms. The van der Waals surface area contributed by atoms with Crippen molar-refractivity contribution < 1.29 is 24.5 Å². The van der Waals surface area contributed by atoms with Gasteiger partial charge in [0.2, 0.25) is 0 Å². The van der Waals surface area contributed by atoms with Gasteiger partial charge in [-0.3, -0.25) is 0 Å². The molecule has 6 nitrogen and oxygen atoms in total. The van der Waals surface area contributed by atoms with Crippen molar-refractivity contribution in [2.45, 2.75) is 5.60 Å². The van der Waals surface area contributed by atoms with E-state index in [0.717, 1.165) is 0 Å².